The SMILES string of the molecule is CC(=O)C(C)(C)C.CC(=O)C(C)C.CC(=O)C(C)C(=O)C(C)(C)C.CC(C)C(=O)C(C)(C)C.CC=C(C)C(=O)C(C)(C)C.CN=C(C(=O)C(C)(C)C)c1nsc(C)n1.CN=C(C)C(=O)C(C)(C)C.CSCC(=O)C(C)(C)C. The number of ketones is 9. The first-order valence-corrected chi connectivity index (χ1v) is 28.6. The molecule has 0 aliphatic rings. The summed E-state index contributed by atoms with van der Waals surface area (Å²) in [6.45, 7) is 61.3. The van der Waals surface area contributed by atoms with Gasteiger partial charge in [0, 0.05) is 63.8 Å². The average molecular weight is 1120 g/mol. The lowest BCUT2D eigenvalue weighted by atomic mass is 9.82. The molecule has 1 unspecified atom stereocenters. The number of nitrogens with zero attached hydrogens (tertiary/aromatic N) is 4. The maximum Gasteiger partial charge on any atom is 0.194 e. The van der Waals surface area contributed by atoms with Gasteiger partial charge in [-0.3, -0.25) is 53.1 Å². The van der Waals surface area contributed by atoms with E-state index in [9.17, 15) is 43.2 Å². The molecule has 0 aromatic carbocycles. The van der Waals surface area contributed by atoms with Crippen LogP contribution in [0.4, 0.5) is 0 Å². The average Bonchev–Trinajstić information content (AvgIpc) is 3.69. The summed E-state index contributed by atoms with van der Waals surface area (Å²) in [7, 11) is 3.23. The molecule has 0 saturated heterocycles. The summed E-state index contributed by atoms with van der Waals surface area (Å²) in [6, 6.07) is 0. The molecule has 1 aromatic rings. The summed E-state index contributed by atoms with van der Waals surface area (Å²) in [6.07, 6.45) is 3.80. The number of rotatable bonds is 10. The molecule has 1 atom stereocenters. The highest BCUT2D eigenvalue weighted by atomic mass is 32.2. The summed E-state index contributed by atoms with van der Waals surface area (Å²) in [5.74, 6) is 2.48. The second kappa shape index (κ2) is 38.6. The van der Waals surface area contributed by atoms with E-state index < -0.39 is 16.7 Å². The van der Waals surface area contributed by atoms with Crippen molar-refractivity contribution in [1.29, 1.82) is 0 Å². The van der Waals surface area contributed by atoms with Gasteiger partial charge in [0.25, 0.3) is 0 Å². The van der Waals surface area contributed by atoms with Crippen molar-refractivity contribution in [3.8, 4) is 0 Å². The predicted octanol–water partition coefficient (Wildman–Crippen LogP) is 15.0. The molecule has 0 radical (unpaired) electrons. The van der Waals surface area contributed by atoms with Crippen molar-refractivity contribution in [2.24, 2.45) is 65.6 Å². The van der Waals surface area contributed by atoms with Crippen LogP contribution in [0.3, 0.4) is 0 Å². The van der Waals surface area contributed by atoms with E-state index in [-0.39, 0.29) is 79.4 Å². The summed E-state index contributed by atoms with van der Waals surface area (Å²) in [5, 5.41) is 0.841. The second-order valence-corrected chi connectivity index (χ2v) is 28.4. The van der Waals surface area contributed by atoms with E-state index in [1.54, 1.807) is 53.6 Å². The molecule has 13 nitrogen and oxygen atoms in total. The molecule has 1 rings (SSSR count). The van der Waals surface area contributed by atoms with Crippen LogP contribution in [0, 0.1) is 62.6 Å². The number of Topliss-reactive ketones (excluding diaryl/α,β-unsaturated/α-hetero) is 9. The highest BCUT2D eigenvalue weighted by molar-refractivity contribution is 7.99. The van der Waals surface area contributed by atoms with Gasteiger partial charge >= 0.3 is 0 Å². The first-order chi connectivity index (χ1) is 33.8. The minimum absolute atomic E-state index is 0.0185. The van der Waals surface area contributed by atoms with Crippen molar-refractivity contribution >= 4 is 86.8 Å². The van der Waals surface area contributed by atoms with Gasteiger partial charge in [-0.25, -0.2) is 4.98 Å². The molecule has 0 aliphatic heterocycles. The number of allylic oxidation sites excluding steroid dienone is 2. The minimum atomic E-state index is -0.450. The van der Waals surface area contributed by atoms with Crippen LogP contribution in [0.15, 0.2) is 21.6 Å². The van der Waals surface area contributed by atoms with Crippen LogP contribution in [0.25, 0.3) is 0 Å². The van der Waals surface area contributed by atoms with Crippen LogP contribution in [-0.2, 0) is 43.2 Å². The number of carbonyl (C=O) groups excluding carboxylic acids is 9. The topological polar surface area (TPSA) is 204 Å². The quantitative estimate of drug-likeness (QED) is 0.122. The molecule has 0 amide bonds. The van der Waals surface area contributed by atoms with E-state index in [1.807, 2.05) is 206 Å². The van der Waals surface area contributed by atoms with Crippen molar-refractivity contribution in [2.75, 3.05) is 26.1 Å². The fraction of sp³-hybridized carbons (Fsp3) is 0.758. The smallest absolute Gasteiger partial charge is 0.194 e. The van der Waals surface area contributed by atoms with Gasteiger partial charge in [-0.15, -0.1) is 0 Å². The van der Waals surface area contributed by atoms with Gasteiger partial charge in [0.15, 0.2) is 23.2 Å². The molecule has 0 N–H and O–H groups in total. The maximum atomic E-state index is 12.0. The van der Waals surface area contributed by atoms with Gasteiger partial charge < -0.3 is 0 Å². The number of aryl methyl sites for hydroxylation is 1. The number of hydrogen-bond donors (Lipinski definition) is 0. The highest BCUT2D eigenvalue weighted by Gasteiger charge is 2.30. The standard InChI is InChI=1S/C10H15N3OS.C9H16O2.C9H16O.C8H15NO.C8H16O.C7H14OS.C6H12O.C5H10O/c1-6-12-9(13-15-6)7(11-5)8(14)10(2,3)4;1-6(7(2)10)8(11)9(3,4)5;1-6-7(2)8(10)9(3,4)5;1-6(9-5)7(10)8(2,3)4;1-6(2)7(9)8(3,4)5;1-7(2,3)6(8)5-9-4;1-5(7)6(2,3)4;1-4(2)5(3)6/h1-5H3;6H,1-5H3;6H,1-5H3;1-5H3;6H,1-5H3;5H2,1-4H3;1-4H3;4H,1-3H3. The molecular formula is C62H114N4O9S2. The molecule has 448 valence electrons. The number of aliphatic imine (C=N–C) groups is 2. The summed E-state index contributed by atoms with van der Waals surface area (Å²) >= 11 is 2.87. The Kier molecular flexibility index (Phi) is 43.6. The lowest BCUT2D eigenvalue weighted by Gasteiger charge is -2.19. The summed E-state index contributed by atoms with van der Waals surface area (Å²) in [5.41, 5.74) is 0.0168. The Morgan fingerprint density at radius 3 is 0.987 bits per heavy atom. The summed E-state index contributed by atoms with van der Waals surface area (Å²) in [4.78, 5) is 112. The van der Waals surface area contributed by atoms with Gasteiger partial charge in [-0.1, -0.05) is 179 Å². The number of hydrogen-bond acceptors (Lipinski definition) is 15. The number of thioether (sulfide) groups is 1. The largest absolute Gasteiger partial charge is 0.300 e. The van der Waals surface area contributed by atoms with Gasteiger partial charge in [-0.2, -0.15) is 16.1 Å². The highest BCUT2D eigenvalue weighted by Crippen LogP contribution is 2.23. The second-order valence-electron chi connectivity index (χ2n) is 26.6. The van der Waals surface area contributed by atoms with Crippen molar-refractivity contribution in [1.82, 2.24) is 9.36 Å². The van der Waals surface area contributed by atoms with E-state index in [2.05, 4.69) is 19.3 Å². The van der Waals surface area contributed by atoms with E-state index >= 15 is 0 Å². The molecule has 0 bridgehead atoms. The van der Waals surface area contributed by atoms with Crippen LogP contribution < -0.4 is 0 Å². The van der Waals surface area contributed by atoms with E-state index in [4.69, 9.17) is 0 Å². The van der Waals surface area contributed by atoms with Gasteiger partial charge in [0.2, 0.25) is 0 Å². The zero-order valence-electron chi connectivity index (χ0n) is 55.8. The molecule has 77 heavy (non-hydrogen) atoms. The van der Waals surface area contributed by atoms with Crippen molar-refractivity contribution < 1.29 is 43.2 Å². The van der Waals surface area contributed by atoms with Crippen molar-refractivity contribution in [2.45, 2.75) is 228 Å². The van der Waals surface area contributed by atoms with Crippen LogP contribution in [0.1, 0.15) is 232 Å². The first-order valence-electron chi connectivity index (χ1n) is 26.4. The summed E-state index contributed by atoms with van der Waals surface area (Å²) < 4.78 is 4.10. The van der Waals surface area contributed by atoms with Crippen molar-refractivity contribution in [3.05, 3.63) is 22.5 Å². The van der Waals surface area contributed by atoms with E-state index in [0.29, 0.717) is 34.6 Å². The zero-order valence-corrected chi connectivity index (χ0v) is 57.4. The fourth-order valence-electron chi connectivity index (χ4n) is 4.47. The van der Waals surface area contributed by atoms with Gasteiger partial charge in [-0.05, 0) is 78.8 Å². The predicted molar refractivity (Wildman–Crippen MR) is 331 cm³/mol. The molecule has 1 heterocycles. The van der Waals surface area contributed by atoms with Crippen LogP contribution in [-0.4, -0.2) is 98.9 Å². The fourth-order valence-corrected chi connectivity index (χ4v) is 5.64. The first kappa shape index (κ1) is 86.9. The number of aromatic nitrogens is 2. The third-order valence-corrected chi connectivity index (χ3v) is 11.8. The lowest BCUT2D eigenvalue weighted by Crippen LogP contribution is -2.30. The third-order valence-electron chi connectivity index (χ3n) is 10.7. The van der Waals surface area contributed by atoms with Crippen LogP contribution in [0.2, 0.25) is 0 Å². The Balaban J connectivity index is -0.000000147. The Morgan fingerprint density at radius 1 is 0.519 bits per heavy atom. The van der Waals surface area contributed by atoms with Crippen LogP contribution in [0.5, 0.6) is 0 Å². The van der Waals surface area contributed by atoms with E-state index in [0.717, 1.165) is 10.6 Å². The third kappa shape index (κ3) is 45.6. The van der Waals surface area contributed by atoms with Gasteiger partial charge in [0.05, 0.1) is 17.4 Å². The maximum absolute atomic E-state index is 12.0. The Bertz CT molecular complexity index is 2070. The van der Waals surface area contributed by atoms with E-state index in [1.165, 1.54) is 18.5 Å². The monoisotopic (exact) mass is 1120 g/mol. The zero-order chi connectivity index (χ0) is 64.0. The molecule has 0 aliphatic carbocycles. The minimum Gasteiger partial charge on any atom is -0.300 e. The molecule has 1 aromatic heterocycles. The van der Waals surface area contributed by atoms with Gasteiger partial charge in [0.1, 0.15) is 45.4 Å². The lowest BCUT2D eigenvalue weighted by molar-refractivity contribution is -0.136. The molecular weight excluding hydrogens is 1010 g/mol. The Hall–Kier alpha value is -3.98. The molecule has 0 spiro atoms. The Labute approximate surface area is 479 Å². The normalized spacial score (nSPS) is 12.6. The Morgan fingerprint density at radius 2 is 0.870 bits per heavy atom. The molecule has 0 fully saturated rings. The number of carbonyl (C=O) groups is 9. The molecule has 15 heteroatoms. The molecule has 0 saturated carbocycles. The van der Waals surface area contributed by atoms with Crippen molar-refractivity contribution in [3.63, 3.8) is 0 Å². The van der Waals surface area contributed by atoms with Crippen LogP contribution >= 0.6 is 23.3 Å².